The van der Waals surface area contributed by atoms with Gasteiger partial charge in [0.05, 0.1) is 18.6 Å². The van der Waals surface area contributed by atoms with Crippen LogP contribution < -0.4 is 0 Å². The van der Waals surface area contributed by atoms with Crippen LogP contribution in [0.2, 0.25) is 0 Å². The summed E-state index contributed by atoms with van der Waals surface area (Å²) in [6.45, 7) is 8.72. The summed E-state index contributed by atoms with van der Waals surface area (Å²) < 4.78 is 5.51. The summed E-state index contributed by atoms with van der Waals surface area (Å²) in [7, 11) is 2.19. The lowest BCUT2D eigenvalue weighted by molar-refractivity contribution is 0.0467. The molecular weight excluding hydrogens is 236 g/mol. The van der Waals surface area contributed by atoms with E-state index in [9.17, 15) is 5.26 Å². The second kappa shape index (κ2) is 5.81. The largest absolute Gasteiger partial charge is 0.380 e. The van der Waals surface area contributed by atoms with Gasteiger partial charge in [-0.2, -0.15) is 5.26 Å². The zero-order valence-electron chi connectivity index (χ0n) is 12.9. The van der Waals surface area contributed by atoms with Crippen molar-refractivity contribution in [3.8, 4) is 6.07 Å². The molecule has 0 N–H and O–H groups in total. The van der Waals surface area contributed by atoms with Crippen LogP contribution >= 0.6 is 0 Å². The molecule has 1 heterocycles. The first-order valence-electron chi connectivity index (χ1n) is 7.62. The van der Waals surface area contributed by atoms with Crippen LogP contribution in [0.25, 0.3) is 0 Å². The topological polar surface area (TPSA) is 36.3 Å². The normalized spacial score (nSPS) is 36.4. The molecule has 108 valence electrons. The van der Waals surface area contributed by atoms with Crippen LogP contribution in [-0.4, -0.2) is 37.2 Å². The van der Waals surface area contributed by atoms with Gasteiger partial charge in [0.2, 0.25) is 0 Å². The Labute approximate surface area is 117 Å². The van der Waals surface area contributed by atoms with E-state index < -0.39 is 0 Å². The Hall–Kier alpha value is -0.590. The Bertz CT molecular complexity index is 336. The van der Waals surface area contributed by atoms with Crippen molar-refractivity contribution in [2.75, 3.05) is 20.3 Å². The van der Waals surface area contributed by atoms with Crippen LogP contribution in [0.1, 0.15) is 46.5 Å². The van der Waals surface area contributed by atoms with Gasteiger partial charge in [0.1, 0.15) is 0 Å². The molecule has 1 aliphatic carbocycles. The van der Waals surface area contributed by atoms with E-state index in [0.29, 0.717) is 17.5 Å². The van der Waals surface area contributed by atoms with Crippen LogP contribution in [0.15, 0.2) is 0 Å². The molecule has 4 unspecified atom stereocenters. The van der Waals surface area contributed by atoms with Crippen molar-refractivity contribution >= 4 is 0 Å². The quantitative estimate of drug-likeness (QED) is 0.769. The molecule has 3 nitrogen and oxygen atoms in total. The van der Waals surface area contributed by atoms with Crippen LogP contribution in [-0.2, 0) is 4.74 Å². The Kier molecular flexibility index (Phi) is 4.53. The Morgan fingerprint density at radius 3 is 2.47 bits per heavy atom. The summed E-state index contributed by atoms with van der Waals surface area (Å²) in [4.78, 5) is 2.44. The van der Waals surface area contributed by atoms with Gasteiger partial charge in [-0.15, -0.1) is 0 Å². The summed E-state index contributed by atoms with van der Waals surface area (Å²) in [5, 5.41) is 9.43. The van der Waals surface area contributed by atoms with Crippen molar-refractivity contribution in [2.24, 2.45) is 17.3 Å². The van der Waals surface area contributed by atoms with Gasteiger partial charge in [0.15, 0.2) is 0 Å². The van der Waals surface area contributed by atoms with Crippen molar-refractivity contribution in [2.45, 2.75) is 58.5 Å². The number of hydrogen-bond donors (Lipinski definition) is 0. The molecule has 0 amide bonds. The SMILES string of the molecule is CN(C1CCOC1)C1CC(C(C)(C)C)CCC1C#N. The smallest absolute Gasteiger partial charge is 0.0672 e. The third-order valence-corrected chi connectivity index (χ3v) is 5.21. The van der Waals surface area contributed by atoms with Gasteiger partial charge in [0, 0.05) is 18.7 Å². The highest BCUT2D eigenvalue weighted by Crippen LogP contribution is 2.41. The molecule has 1 aliphatic heterocycles. The first-order valence-corrected chi connectivity index (χ1v) is 7.62. The third kappa shape index (κ3) is 3.30. The first kappa shape index (κ1) is 14.8. The van der Waals surface area contributed by atoms with E-state index in [2.05, 4.69) is 38.8 Å². The molecule has 0 bridgehead atoms. The second-order valence-electron chi connectivity index (χ2n) is 7.36. The third-order valence-electron chi connectivity index (χ3n) is 5.21. The molecule has 0 aromatic carbocycles. The molecule has 3 heteroatoms. The maximum atomic E-state index is 9.43. The number of likely N-dealkylation sites (N-methyl/N-ethyl adjacent to an activating group) is 1. The Morgan fingerprint density at radius 2 is 1.95 bits per heavy atom. The molecule has 0 spiro atoms. The summed E-state index contributed by atoms with van der Waals surface area (Å²) in [6.07, 6.45) is 4.54. The molecule has 1 saturated carbocycles. The standard InChI is InChI=1S/C16H28N2O/c1-16(2,3)13-6-5-12(10-17)15(9-13)18(4)14-7-8-19-11-14/h12-15H,5-9,11H2,1-4H3. The van der Waals surface area contributed by atoms with E-state index in [0.717, 1.165) is 38.4 Å². The van der Waals surface area contributed by atoms with E-state index in [-0.39, 0.29) is 5.92 Å². The number of nitrogens with zero attached hydrogens (tertiary/aromatic N) is 2. The van der Waals surface area contributed by atoms with Gasteiger partial charge in [0.25, 0.3) is 0 Å². The van der Waals surface area contributed by atoms with Crippen molar-refractivity contribution in [1.29, 1.82) is 5.26 Å². The first-order chi connectivity index (χ1) is 8.93. The van der Waals surface area contributed by atoms with Gasteiger partial charge >= 0.3 is 0 Å². The number of rotatable bonds is 2. The predicted molar refractivity (Wildman–Crippen MR) is 76.7 cm³/mol. The maximum Gasteiger partial charge on any atom is 0.0672 e. The Morgan fingerprint density at radius 1 is 1.21 bits per heavy atom. The van der Waals surface area contributed by atoms with Crippen molar-refractivity contribution in [1.82, 2.24) is 4.90 Å². The fraction of sp³-hybridized carbons (Fsp3) is 0.938. The lowest BCUT2D eigenvalue weighted by Gasteiger charge is -2.44. The van der Waals surface area contributed by atoms with Crippen LogP contribution in [0.3, 0.4) is 0 Å². The minimum atomic E-state index is 0.198. The summed E-state index contributed by atoms with van der Waals surface area (Å²) in [6, 6.07) is 3.47. The van der Waals surface area contributed by atoms with E-state index in [1.165, 1.54) is 6.42 Å². The van der Waals surface area contributed by atoms with Gasteiger partial charge in [-0.1, -0.05) is 20.8 Å². The average molecular weight is 264 g/mol. The van der Waals surface area contributed by atoms with E-state index in [1.807, 2.05) is 0 Å². The Balaban J connectivity index is 2.07. The zero-order chi connectivity index (χ0) is 14.0. The fourth-order valence-electron chi connectivity index (χ4n) is 3.65. The number of ether oxygens (including phenoxy) is 1. The highest BCUT2D eigenvalue weighted by Gasteiger charge is 2.39. The molecule has 2 aliphatic rings. The molecule has 0 radical (unpaired) electrons. The number of nitriles is 1. The van der Waals surface area contributed by atoms with Crippen molar-refractivity contribution in [3.05, 3.63) is 0 Å². The van der Waals surface area contributed by atoms with Crippen LogP contribution in [0, 0.1) is 28.6 Å². The van der Waals surface area contributed by atoms with Gasteiger partial charge in [-0.25, -0.2) is 0 Å². The van der Waals surface area contributed by atoms with Gasteiger partial charge < -0.3 is 4.74 Å². The van der Waals surface area contributed by atoms with Crippen molar-refractivity contribution < 1.29 is 4.74 Å². The highest BCUT2D eigenvalue weighted by atomic mass is 16.5. The lowest BCUT2D eigenvalue weighted by Crippen LogP contribution is -2.48. The molecule has 2 fully saturated rings. The van der Waals surface area contributed by atoms with Crippen LogP contribution in [0.5, 0.6) is 0 Å². The van der Waals surface area contributed by atoms with Gasteiger partial charge in [-0.05, 0) is 44.1 Å². The monoisotopic (exact) mass is 264 g/mol. The fourth-order valence-corrected chi connectivity index (χ4v) is 3.65. The summed E-state index contributed by atoms with van der Waals surface area (Å²) >= 11 is 0. The van der Waals surface area contributed by atoms with Crippen LogP contribution in [0.4, 0.5) is 0 Å². The summed E-state index contributed by atoms with van der Waals surface area (Å²) in [5.74, 6) is 0.927. The molecule has 2 rings (SSSR count). The molecule has 1 saturated heterocycles. The van der Waals surface area contributed by atoms with E-state index in [1.54, 1.807) is 0 Å². The van der Waals surface area contributed by atoms with Gasteiger partial charge in [-0.3, -0.25) is 4.90 Å². The molecular formula is C16H28N2O. The summed E-state index contributed by atoms with van der Waals surface area (Å²) in [5.41, 5.74) is 0.353. The van der Waals surface area contributed by atoms with E-state index >= 15 is 0 Å². The molecule has 4 atom stereocenters. The minimum Gasteiger partial charge on any atom is -0.380 e. The maximum absolute atomic E-state index is 9.43. The zero-order valence-corrected chi connectivity index (χ0v) is 12.9. The number of hydrogen-bond acceptors (Lipinski definition) is 3. The lowest BCUT2D eigenvalue weighted by atomic mass is 9.67. The van der Waals surface area contributed by atoms with E-state index in [4.69, 9.17) is 4.74 Å². The molecule has 0 aromatic rings. The molecule has 0 aromatic heterocycles. The molecule has 19 heavy (non-hydrogen) atoms. The average Bonchev–Trinajstić information content (AvgIpc) is 2.90. The second-order valence-corrected chi connectivity index (χ2v) is 7.36. The minimum absolute atomic E-state index is 0.198. The van der Waals surface area contributed by atoms with Crippen molar-refractivity contribution in [3.63, 3.8) is 0 Å². The predicted octanol–water partition coefficient (Wildman–Crippen LogP) is 3.06. The highest BCUT2D eigenvalue weighted by molar-refractivity contribution is 5.00.